The monoisotopic (exact) mass is 402 g/mol. The highest BCUT2D eigenvalue weighted by Gasteiger charge is 2.21. The number of phenolic OH excluding ortho intramolecular Hbond substituents is 1. The molecule has 0 aliphatic carbocycles. The lowest BCUT2D eigenvalue weighted by molar-refractivity contribution is -0.385. The van der Waals surface area contributed by atoms with E-state index in [4.69, 9.17) is 0 Å². The van der Waals surface area contributed by atoms with E-state index < -0.39 is 25.8 Å². The zero-order valence-corrected chi connectivity index (χ0v) is 15.2. The van der Waals surface area contributed by atoms with Crippen LogP contribution >= 0.6 is 0 Å². The van der Waals surface area contributed by atoms with Crippen LogP contribution in [-0.2, 0) is 10.1 Å². The minimum Gasteiger partial charge on any atom is -0.507 e. The van der Waals surface area contributed by atoms with E-state index in [2.05, 4.69) is 5.32 Å². The summed E-state index contributed by atoms with van der Waals surface area (Å²) in [7, 11) is -4.51. The Morgan fingerprint density at radius 1 is 1.07 bits per heavy atom. The minimum absolute atomic E-state index is 0.109. The number of amides is 1. The second-order valence-electron chi connectivity index (χ2n) is 6.05. The predicted molar refractivity (Wildman–Crippen MR) is 101 cm³/mol. The number of nitro groups is 1. The first-order valence-electron chi connectivity index (χ1n) is 7.87. The van der Waals surface area contributed by atoms with Crippen molar-refractivity contribution in [2.75, 3.05) is 5.32 Å². The predicted octanol–water partition coefficient (Wildman–Crippen LogP) is 3.26. The number of nitrogens with one attached hydrogen (secondary N) is 1. The number of nitrogens with zero attached hydrogens (tertiary/aromatic N) is 1. The number of hydrogen-bond donors (Lipinski definition) is 3. The van der Waals surface area contributed by atoms with Gasteiger partial charge < -0.3 is 10.4 Å². The van der Waals surface area contributed by atoms with Gasteiger partial charge in [-0.1, -0.05) is 6.07 Å². The van der Waals surface area contributed by atoms with E-state index in [-0.39, 0.29) is 33.5 Å². The second-order valence-corrected chi connectivity index (χ2v) is 7.47. The molecule has 0 aliphatic rings. The van der Waals surface area contributed by atoms with Crippen LogP contribution in [0.1, 0.15) is 15.9 Å². The Kier molecular flexibility index (Phi) is 4.75. The molecule has 0 aromatic heterocycles. The summed E-state index contributed by atoms with van der Waals surface area (Å²) in [5.41, 5.74) is 0.163. The average Bonchev–Trinajstić information content (AvgIpc) is 2.62. The van der Waals surface area contributed by atoms with E-state index >= 15 is 0 Å². The first-order valence-corrected chi connectivity index (χ1v) is 9.31. The van der Waals surface area contributed by atoms with Crippen LogP contribution in [0.5, 0.6) is 5.75 Å². The Balaban J connectivity index is 2.11. The molecule has 0 bridgehead atoms. The molecular formula is C18H14N2O7S. The number of hydrogen-bond acceptors (Lipinski definition) is 6. The van der Waals surface area contributed by atoms with Gasteiger partial charge in [0.05, 0.1) is 9.82 Å². The maximum absolute atomic E-state index is 12.6. The van der Waals surface area contributed by atoms with E-state index in [1.54, 1.807) is 13.0 Å². The van der Waals surface area contributed by atoms with Crippen LogP contribution in [0, 0.1) is 17.0 Å². The SMILES string of the molecule is Cc1ccc(C(=O)Nc2ccc(O)c3ccc(S(=O)(=O)O)cc23)c([N+](=O)[O-])c1. The zero-order valence-electron chi connectivity index (χ0n) is 14.4. The summed E-state index contributed by atoms with van der Waals surface area (Å²) in [6, 6.07) is 10.2. The number of aryl methyl sites for hydroxylation is 1. The van der Waals surface area contributed by atoms with E-state index in [1.165, 1.54) is 30.3 Å². The van der Waals surface area contributed by atoms with Gasteiger partial charge in [0.2, 0.25) is 0 Å². The Hall–Kier alpha value is -3.50. The van der Waals surface area contributed by atoms with E-state index in [9.17, 15) is 33.0 Å². The molecule has 0 radical (unpaired) electrons. The molecule has 1 amide bonds. The van der Waals surface area contributed by atoms with E-state index in [0.29, 0.717) is 5.56 Å². The average molecular weight is 402 g/mol. The fourth-order valence-electron chi connectivity index (χ4n) is 2.76. The number of anilines is 1. The lowest BCUT2D eigenvalue weighted by Crippen LogP contribution is -2.14. The van der Waals surface area contributed by atoms with Crippen molar-refractivity contribution < 1.29 is 27.8 Å². The van der Waals surface area contributed by atoms with Crippen molar-refractivity contribution in [2.45, 2.75) is 11.8 Å². The highest BCUT2D eigenvalue weighted by atomic mass is 32.2. The van der Waals surface area contributed by atoms with Gasteiger partial charge in [-0.15, -0.1) is 0 Å². The molecular weight excluding hydrogens is 388 g/mol. The summed E-state index contributed by atoms with van der Waals surface area (Å²) < 4.78 is 32.0. The standard InChI is InChI=1S/C18H14N2O7S/c1-10-2-4-13(16(8-10)20(23)24)18(22)19-15-6-7-17(21)12-5-3-11(9-14(12)15)28(25,26)27/h2-9,21H,1H3,(H,19,22)(H,25,26,27). The third kappa shape index (κ3) is 3.63. The summed E-state index contributed by atoms with van der Waals surface area (Å²) in [4.78, 5) is 22.8. The third-order valence-corrected chi connectivity index (χ3v) is 4.96. The van der Waals surface area contributed by atoms with Gasteiger partial charge >= 0.3 is 0 Å². The van der Waals surface area contributed by atoms with Gasteiger partial charge in [0.15, 0.2) is 0 Å². The lowest BCUT2D eigenvalue weighted by atomic mass is 10.1. The zero-order chi connectivity index (χ0) is 20.6. The number of benzene rings is 3. The topological polar surface area (TPSA) is 147 Å². The lowest BCUT2D eigenvalue weighted by Gasteiger charge is -2.11. The van der Waals surface area contributed by atoms with Gasteiger partial charge in [0.1, 0.15) is 11.3 Å². The molecule has 0 atom stereocenters. The number of carbonyl (C=O) groups is 1. The molecule has 0 spiro atoms. The molecule has 3 aromatic rings. The highest BCUT2D eigenvalue weighted by Crippen LogP contribution is 2.33. The molecule has 144 valence electrons. The second kappa shape index (κ2) is 6.91. The Morgan fingerprint density at radius 3 is 2.43 bits per heavy atom. The summed E-state index contributed by atoms with van der Waals surface area (Å²) in [5.74, 6) is -0.952. The summed E-state index contributed by atoms with van der Waals surface area (Å²) in [6.45, 7) is 1.65. The van der Waals surface area contributed by atoms with Crippen molar-refractivity contribution in [2.24, 2.45) is 0 Å². The molecule has 0 aliphatic heterocycles. The maximum Gasteiger partial charge on any atom is 0.294 e. The molecule has 3 rings (SSSR count). The summed E-state index contributed by atoms with van der Waals surface area (Å²) >= 11 is 0. The van der Waals surface area contributed by atoms with Crippen LogP contribution in [0.2, 0.25) is 0 Å². The summed E-state index contributed by atoms with van der Waals surface area (Å²) in [5, 5.41) is 24.1. The Labute approximate surface area is 159 Å². The fraction of sp³-hybridized carbons (Fsp3) is 0.0556. The summed E-state index contributed by atoms with van der Waals surface area (Å²) in [6.07, 6.45) is 0. The van der Waals surface area contributed by atoms with Gasteiger partial charge in [-0.25, -0.2) is 0 Å². The quantitative estimate of drug-likeness (QED) is 0.263. The largest absolute Gasteiger partial charge is 0.507 e. The first kappa shape index (κ1) is 19.3. The van der Waals surface area contributed by atoms with Gasteiger partial charge in [-0.2, -0.15) is 8.42 Å². The number of rotatable bonds is 4. The smallest absolute Gasteiger partial charge is 0.294 e. The first-order chi connectivity index (χ1) is 13.1. The highest BCUT2D eigenvalue weighted by molar-refractivity contribution is 7.85. The molecule has 3 aromatic carbocycles. The third-order valence-electron chi connectivity index (χ3n) is 4.11. The normalized spacial score (nSPS) is 11.4. The van der Waals surface area contributed by atoms with Crippen LogP contribution in [0.25, 0.3) is 10.8 Å². The molecule has 0 saturated carbocycles. The van der Waals surface area contributed by atoms with Crippen LogP contribution in [-0.4, -0.2) is 28.9 Å². The van der Waals surface area contributed by atoms with Crippen molar-refractivity contribution in [1.82, 2.24) is 0 Å². The van der Waals surface area contributed by atoms with Crippen LogP contribution in [0.3, 0.4) is 0 Å². The Bertz CT molecular complexity index is 1240. The van der Waals surface area contributed by atoms with E-state index in [0.717, 1.165) is 12.1 Å². The fourth-order valence-corrected chi connectivity index (χ4v) is 3.26. The Morgan fingerprint density at radius 2 is 1.79 bits per heavy atom. The van der Waals surface area contributed by atoms with Gasteiger partial charge in [0, 0.05) is 22.5 Å². The van der Waals surface area contributed by atoms with Crippen molar-refractivity contribution in [3.8, 4) is 5.75 Å². The molecule has 9 nitrogen and oxygen atoms in total. The number of nitro benzene ring substituents is 1. The molecule has 3 N–H and O–H groups in total. The van der Waals surface area contributed by atoms with E-state index in [1.807, 2.05) is 0 Å². The van der Waals surface area contributed by atoms with Gasteiger partial charge in [-0.05, 0) is 48.9 Å². The molecule has 28 heavy (non-hydrogen) atoms. The van der Waals surface area contributed by atoms with Crippen molar-refractivity contribution in [3.63, 3.8) is 0 Å². The number of phenols is 1. The number of aromatic hydroxyl groups is 1. The number of fused-ring (bicyclic) bond motifs is 1. The van der Waals surface area contributed by atoms with Gasteiger partial charge in [0.25, 0.3) is 21.7 Å². The molecule has 0 heterocycles. The van der Waals surface area contributed by atoms with Crippen molar-refractivity contribution >= 4 is 38.2 Å². The molecule has 0 fully saturated rings. The number of carbonyl (C=O) groups excluding carboxylic acids is 1. The van der Waals surface area contributed by atoms with Crippen molar-refractivity contribution in [1.29, 1.82) is 0 Å². The molecule has 0 unspecified atom stereocenters. The molecule has 10 heteroatoms. The van der Waals surface area contributed by atoms with Crippen LogP contribution in [0.4, 0.5) is 11.4 Å². The van der Waals surface area contributed by atoms with Gasteiger partial charge in [-0.3, -0.25) is 19.5 Å². The minimum atomic E-state index is -4.51. The maximum atomic E-state index is 12.6. The van der Waals surface area contributed by atoms with Crippen molar-refractivity contribution in [3.05, 3.63) is 69.8 Å². The molecule has 0 saturated heterocycles. The van der Waals surface area contributed by atoms with Crippen LogP contribution in [0.15, 0.2) is 53.4 Å². The van der Waals surface area contributed by atoms with Crippen LogP contribution < -0.4 is 5.32 Å².